The standard InChI is InChI=1S/C25H27ClN4OS/c26-21-15-7-6-14-20(21)23-27-28-25(30(23)19-12-4-5-13-19)32-22(18-10-2-1-3-11-18)24(31)29-16-8-9-17-29/h1-3,6-7,10-11,14-15,19,22H,4-5,8-9,12-13,16-17H2/t22-/m0/s1. The molecule has 1 saturated carbocycles. The van der Waals surface area contributed by atoms with Crippen LogP contribution in [0.4, 0.5) is 0 Å². The average Bonchev–Trinajstić information content (AvgIpc) is 3.60. The van der Waals surface area contributed by atoms with Crippen LogP contribution in [0.5, 0.6) is 0 Å². The van der Waals surface area contributed by atoms with Crippen LogP contribution in [0.25, 0.3) is 11.4 Å². The van der Waals surface area contributed by atoms with Crippen molar-refractivity contribution in [3.05, 3.63) is 65.2 Å². The molecule has 0 spiro atoms. The summed E-state index contributed by atoms with van der Waals surface area (Å²) in [6.45, 7) is 1.67. The Balaban J connectivity index is 1.55. The van der Waals surface area contributed by atoms with Crippen molar-refractivity contribution in [3.8, 4) is 11.4 Å². The number of hydrogen-bond donors (Lipinski definition) is 0. The summed E-state index contributed by atoms with van der Waals surface area (Å²) in [5.74, 6) is 0.962. The topological polar surface area (TPSA) is 51.0 Å². The van der Waals surface area contributed by atoms with Crippen LogP contribution in [-0.4, -0.2) is 38.7 Å². The molecule has 0 N–H and O–H groups in total. The van der Waals surface area contributed by atoms with Gasteiger partial charge in [0, 0.05) is 24.7 Å². The number of hydrogen-bond acceptors (Lipinski definition) is 4. The van der Waals surface area contributed by atoms with E-state index in [1.54, 1.807) is 0 Å². The second kappa shape index (κ2) is 9.67. The zero-order chi connectivity index (χ0) is 21.9. The van der Waals surface area contributed by atoms with Gasteiger partial charge in [-0.25, -0.2) is 0 Å². The Bertz CT molecular complexity index is 1070. The van der Waals surface area contributed by atoms with Gasteiger partial charge in [0.2, 0.25) is 5.91 Å². The Kier molecular flexibility index (Phi) is 6.51. The van der Waals surface area contributed by atoms with E-state index in [1.165, 1.54) is 24.6 Å². The van der Waals surface area contributed by atoms with Crippen LogP contribution >= 0.6 is 23.4 Å². The van der Waals surface area contributed by atoms with E-state index in [2.05, 4.69) is 14.8 Å². The molecule has 1 saturated heterocycles. The summed E-state index contributed by atoms with van der Waals surface area (Å²) in [6.07, 6.45) is 6.74. The number of halogens is 1. The first-order chi connectivity index (χ1) is 15.7. The fraction of sp³-hybridized carbons (Fsp3) is 0.400. The van der Waals surface area contributed by atoms with Crippen molar-refractivity contribution in [2.24, 2.45) is 0 Å². The molecule has 7 heteroatoms. The lowest BCUT2D eigenvalue weighted by Gasteiger charge is -2.24. The zero-order valence-electron chi connectivity index (χ0n) is 18.0. The maximum absolute atomic E-state index is 13.5. The number of rotatable bonds is 6. The summed E-state index contributed by atoms with van der Waals surface area (Å²) in [6, 6.07) is 18.2. The number of benzene rings is 2. The first-order valence-electron chi connectivity index (χ1n) is 11.4. The zero-order valence-corrected chi connectivity index (χ0v) is 19.6. The predicted octanol–water partition coefficient (Wildman–Crippen LogP) is 6.17. The van der Waals surface area contributed by atoms with Crippen LogP contribution < -0.4 is 0 Å². The molecule has 2 aliphatic rings. The van der Waals surface area contributed by atoms with Crippen LogP contribution in [0, 0.1) is 0 Å². The van der Waals surface area contributed by atoms with E-state index >= 15 is 0 Å². The number of carbonyl (C=O) groups is 1. The third-order valence-corrected chi connectivity index (χ3v) is 7.97. The maximum atomic E-state index is 13.5. The van der Waals surface area contributed by atoms with E-state index < -0.39 is 0 Å². The maximum Gasteiger partial charge on any atom is 0.240 e. The molecule has 166 valence electrons. The Labute approximate surface area is 198 Å². The fourth-order valence-corrected chi connectivity index (χ4v) is 6.18. The van der Waals surface area contributed by atoms with Crippen molar-refractivity contribution in [2.75, 3.05) is 13.1 Å². The molecule has 2 aromatic carbocycles. The highest BCUT2D eigenvalue weighted by atomic mass is 35.5. The van der Waals surface area contributed by atoms with E-state index in [0.29, 0.717) is 11.1 Å². The Morgan fingerprint density at radius 2 is 1.62 bits per heavy atom. The van der Waals surface area contributed by atoms with Crippen LogP contribution in [0.3, 0.4) is 0 Å². The largest absolute Gasteiger partial charge is 0.341 e. The van der Waals surface area contributed by atoms with Gasteiger partial charge in [0.25, 0.3) is 0 Å². The van der Waals surface area contributed by atoms with Gasteiger partial charge < -0.3 is 4.90 Å². The molecule has 5 nitrogen and oxygen atoms in total. The lowest BCUT2D eigenvalue weighted by Crippen LogP contribution is -2.31. The summed E-state index contributed by atoms with van der Waals surface area (Å²) in [7, 11) is 0. The van der Waals surface area contributed by atoms with Gasteiger partial charge in [-0.2, -0.15) is 0 Å². The molecule has 1 aromatic heterocycles. The molecule has 0 radical (unpaired) electrons. The van der Waals surface area contributed by atoms with Gasteiger partial charge in [-0.15, -0.1) is 10.2 Å². The summed E-state index contributed by atoms with van der Waals surface area (Å²) in [5.41, 5.74) is 1.90. The molecule has 2 heterocycles. The van der Waals surface area contributed by atoms with Gasteiger partial charge in [-0.1, -0.05) is 78.7 Å². The first kappa shape index (κ1) is 21.5. The normalized spacial score (nSPS) is 17.7. The molecule has 1 aliphatic carbocycles. The molecule has 2 fully saturated rings. The number of likely N-dealkylation sites (tertiary alicyclic amines) is 1. The van der Waals surface area contributed by atoms with E-state index in [4.69, 9.17) is 11.6 Å². The molecule has 3 aromatic rings. The van der Waals surface area contributed by atoms with Crippen molar-refractivity contribution < 1.29 is 4.79 Å². The minimum Gasteiger partial charge on any atom is -0.341 e. The second-order valence-electron chi connectivity index (χ2n) is 8.54. The molecule has 1 atom stereocenters. The molecule has 0 bridgehead atoms. The highest BCUT2D eigenvalue weighted by Gasteiger charge is 2.33. The third kappa shape index (κ3) is 4.30. The minimum atomic E-state index is -0.335. The van der Waals surface area contributed by atoms with Gasteiger partial charge >= 0.3 is 0 Å². The van der Waals surface area contributed by atoms with Gasteiger partial charge in [0.15, 0.2) is 11.0 Å². The lowest BCUT2D eigenvalue weighted by molar-refractivity contribution is -0.129. The van der Waals surface area contributed by atoms with E-state index in [1.807, 2.05) is 59.5 Å². The van der Waals surface area contributed by atoms with Crippen LogP contribution in [0.15, 0.2) is 59.8 Å². The fourth-order valence-electron chi connectivity index (χ4n) is 4.77. The lowest BCUT2D eigenvalue weighted by atomic mass is 10.1. The monoisotopic (exact) mass is 466 g/mol. The van der Waals surface area contributed by atoms with Crippen molar-refractivity contribution in [1.29, 1.82) is 0 Å². The molecular weight excluding hydrogens is 440 g/mol. The molecular formula is C25H27ClN4OS. The molecule has 5 rings (SSSR count). The van der Waals surface area contributed by atoms with Gasteiger partial charge in [-0.05, 0) is 43.4 Å². The number of amides is 1. The third-order valence-electron chi connectivity index (χ3n) is 6.44. The summed E-state index contributed by atoms with van der Waals surface area (Å²) < 4.78 is 2.24. The SMILES string of the molecule is O=C([C@@H](Sc1nnc(-c2ccccc2Cl)n1C1CCCC1)c1ccccc1)N1CCCC1. The van der Waals surface area contributed by atoms with Crippen molar-refractivity contribution in [2.45, 2.75) is 55.0 Å². The molecule has 1 amide bonds. The molecule has 0 unspecified atom stereocenters. The van der Waals surface area contributed by atoms with Gasteiger partial charge in [0.05, 0.1) is 5.02 Å². The summed E-state index contributed by atoms with van der Waals surface area (Å²) in [5, 5.41) is 10.3. The van der Waals surface area contributed by atoms with Crippen molar-refractivity contribution in [1.82, 2.24) is 19.7 Å². The van der Waals surface area contributed by atoms with Crippen molar-refractivity contribution >= 4 is 29.3 Å². The second-order valence-corrected chi connectivity index (χ2v) is 10.0. The van der Waals surface area contributed by atoms with E-state index in [-0.39, 0.29) is 11.2 Å². The number of carbonyl (C=O) groups excluding carboxylic acids is 1. The first-order valence-corrected chi connectivity index (χ1v) is 12.7. The smallest absolute Gasteiger partial charge is 0.240 e. The van der Waals surface area contributed by atoms with Gasteiger partial charge in [0.1, 0.15) is 5.25 Å². The van der Waals surface area contributed by atoms with Crippen molar-refractivity contribution in [3.63, 3.8) is 0 Å². The van der Waals surface area contributed by atoms with E-state index in [0.717, 1.165) is 60.9 Å². The summed E-state index contributed by atoms with van der Waals surface area (Å²) >= 11 is 8.06. The average molecular weight is 467 g/mol. The minimum absolute atomic E-state index is 0.166. The number of nitrogens with zero attached hydrogens (tertiary/aromatic N) is 4. The Morgan fingerprint density at radius 3 is 2.34 bits per heavy atom. The van der Waals surface area contributed by atoms with Crippen LogP contribution in [-0.2, 0) is 4.79 Å². The number of aromatic nitrogens is 3. The molecule has 32 heavy (non-hydrogen) atoms. The Morgan fingerprint density at radius 1 is 0.938 bits per heavy atom. The highest BCUT2D eigenvalue weighted by Crippen LogP contribution is 2.42. The number of thioether (sulfide) groups is 1. The van der Waals surface area contributed by atoms with Crippen LogP contribution in [0.1, 0.15) is 55.4 Å². The Hall–Kier alpha value is -2.31. The highest BCUT2D eigenvalue weighted by molar-refractivity contribution is 8.00. The molecule has 1 aliphatic heterocycles. The van der Waals surface area contributed by atoms with Gasteiger partial charge in [-0.3, -0.25) is 9.36 Å². The quantitative estimate of drug-likeness (QED) is 0.407. The predicted molar refractivity (Wildman–Crippen MR) is 129 cm³/mol. The van der Waals surface area contributed by atoms with Crippen LogP contribution in [0.2, 0.25) is 5.02 Å². The van der Waals surface area contributed by atoms with E-state index in [9.17, 15) is 4.79 Å². The summed E-state index contributed by atoms with van der Waals surface area (Å²) in [4.78, 5) is 15.5.